The number of nitrogens with one attached hydrogen (secondary N) is 2. The van der Waals surface area contributed by atoms with E-state index in [2.05, 4.69) is 20.1 Å². The van der Waals surface area contributed by atoms with Gasteiger partial charge in [0.2, 0.25) is 5.91 Å². The Kier molecular flexibility index (Phi) is 6.50. The highest BCUT2D eigenvalue weighted by Crippen LogP contribution is 2.28. The summed E-state index contributed by atoms with van der Waals surface area (Å²) in [7, 11) is 3.56. The van der Waals surface area contributed by atoms with Crippen molar-refractivity contribution in [3.05, 3.63) is 41.0 Å². The Morgan fingerprint density at radius 1 is 1.23 bits per heavy atom. The molecule has 2 aromatic rings. The number of hydrogen-bond acceptors (Lipinski definition) is 4. The number of aromatic nitrogens is 2. The molecule has 0 saturated heterocycles. The van der Waals surface area contributed by atoms with Crippen molar-refractivity contribution in [1.29, 1.82) is 0 Å². The summed E-state index contributed by atoms with van der Waals surface area (Å²) >= 11 is 0. The van der Waals surface area contributed by atoms with Crippen LogP contribution in [0.15, 0.2) is 18.2 Å². The molecule has 0 bridgehead atoms. The third kappa shape index (κ3) is 4.79. The number of imidazole rings is 1. The van der Waals surface area contributed by atoms with Gasteiger partial charge in [-0.3, -0.25) is 9.59 Å². The largest absolute Gasteiger partial charge is 0.357 e. The van der Waals surface area contributed by atoms with E-state index in [1.807, 2.05) is 27.8 Å². The first-order valence-electron chi connectivity index (χ1n) is 10.6. The van der Waals surface area contributed by atoms with Gasteiger partial charge < -0.3 is 20.1 Å². The van der Waals surface area contributed by atoms with Gasteiger partial charge in [0.05, 0.1) is 5.69 Å². The quantitative estimate of drug-likeness (QED) is 0.783. The van der Waals surface area contributed by atoms with Crippen LogP contribution in [-0.4, -0.2) is 52.9 Å². The van der Waals surface area contributed by atoms with Crippen molar-refractivity contribution in [2.75, 3.05) is 20.6 Å². The first-order chi connectivity index (χ1) is 14.5. The molecule has 1 aliphatic rings. The number of nitrogens with zero attached hydrogens (tertiary/aromatic N) is 3. The van der Waals surface area contributed by atoms with Crippen molar-refractivity contribution < 1.29 is 14.0 Å². The Hall–Kier alpha value is -2.74. The standard InChI is InChI=1S/C23H32FN5O2/c1-14-12-15(8-9-16(14)24)20-26-18(17-13-28(6)10-7-11-29(17)20)21(30)27-19(22(31)25-5)23(2,3)4/h8-9,12,19H,7,10-11,13H2,1-6H3,(H,25,31)(H,27,30)/t19-/m1/s1. The summed E-state index contributed by atoms with van der Waals surface area (Å²) < 4.78 is 15.9. The van der Waals surface area contributed by atoms with Gasteiger partial charge in [-0.25, -0.2) is 9.37 Å². The van der Waals surface area contributed by atoms with E-state index in [1.54, 1.807) is 26.1 Å². The highest BCUT2D eigenvalue weighted by molar-refractivity contribution is 5.97. The summed E-state index contributed by atoms with van der Waals surface area (Å²) in [6.07, 6.45) is 0.914. The van der Waals surface area contributed by atoms with Crippen LogP contribution in [-0.2, 0) is 17.9 Å². The number of carbonyl (C=O) groups is 2. The second-order valence-electron chi connectivity index (χ2n) is 9.32. The van der Waals surface area contributed by atoms with Gasteiger partial charge in [0.25, 0.3) is 5.91 Å². The topological polar surface area (TPSA) is 79.3 Å². The molecule has 7 nitrogen and oxygen atoms in total. The van der Waals surface area contributed by atoms with Gasteiger partial charge in [-0.05, 0) is 56.1 Å². The van der Waals surface area contributed by atoms with Gasteiger partial charge in [-0.2, -0.15) is 0 Å². The molecule has 0 aliphatic carbocycles. The maximum Gasteiger partial charge on any atom is 0.272 e. The molecule has 31 heavy (non-hydrogen) atoms. The second kappa shape index (κ2) is 8.78. The Bertz CT molecular complexity index is 993. The lowest BCUT2D eigenvalue weighted by Gasteiger charge is -2.29. The molecule has 2 heterocycles. The average molecular weight is 430 g/mol. The Morgan fingerprint density at radius 3 is 2.55 bits per heavy atom. The Balaban J connectivity index is 2.07. The number of rotatable bonds is 4. The molecule has 0 spiro atoms. The van der Waals surface area contributed by atoms with E-state index < -0.39 is 11.5 Å². The van der Waals surface area contributed by atoms with E-state index in [9.17, 15) is 14.0 Å². The molecule has 1 aliphatic heterocycles. The lowest BCUT2D eigenvalue weighted by atomic mass is 9.86. The fourth-order valence-corrected chi connectivity index (χ4v) is 3.93. The van der Waals surface area contributed by atoms with Gasteiger partial charge >= 0.3 is 0 Å². The molecule has 168 valence electrons. The highest BCUT2D eigenvalue weighted by Gasteiger charge is 2.34. The average Bonchev–Trinajstić information content (AvgIpc) is 2.93. The van der Waals surface area contributed by atoms with Gasteiger partial charge in [0.1, 0.15) is 17.7 Å². The van der Waals surface area contributed by atoms with Crippen LogP contribution >= 0.6 is 0 Å². The van der Waals surface area contributed by atoms with Gasteiger partial charge in [-0.1, -0.05) is 20.8 Å². The number of carbonyl (C=O) groups excluding carboxylic acids is 2. The zero-order chi connectivity index (χ0) is 22.9. The van der Waals surface area contributed by atoms with Crippen molar-refractivity contribution >= 4 is 11.8 Å². The first kappa shape index (κ1) is 22.9. The summed E-state index contributed by atoms with van der Waals surface area (Å²) in [6, 6.07) is 4.17. The molecule has 1 atom stereocenters. The second-order valence-corrected chi connectivity index (χ2v) is 9.32. The van der Waals surface area contributed by atoms with Gasteiger partial charge in [0, 0.05) is 25.7 Å². The van der Waals surface area contributed by atoms with Crippen LogP contribution in [0.2, 0.25) is 0 Å². The van der Waals surface area contributed by atoms with E-state index >= 15 is 0 Å². The minimum absolute atomic E-state index is 0.252. The van der Waals surface area contributed by atoms with Crippen molar-refractivity contribution in [3.63, 3.8) is 0 Å². The van der Waals surface area contributed by atoms with Crippen molar-refractivity contribution in [2.45, 2.75) is 53.2 Å². The summed E-state index contributed by atoms with van der Waals surface area (Å²) in [5, 5.41) is 5.52. The molecular formula is C23H32FN5O2. The minimum atomic E-state index is -0.706. The molecule has 2 N–H and O–H groups in total. The third-order valence-corrected chi connectivity index (χ3v) is 5.70. The van der Waals surface area contributed by atoms with Crippen LogP contribution in [0, 0.1) is 18.2 Å². The predicted molar refractivity (Wildman–Crippen MR) is 118 cm³/mol. The van der Waals surface area contributed by atoms with Crippen molar-refractivity contribution in [3.8, 4) is 11.4 Å². The van der Waals surface area contributed by atoms with Crippen molar-refractivity contribution in [1.82, 2.24) is 25.1 Å². The molecule has 3 rings (SSSR count). The number of aryl methyl sites for hydroxylation is 1. The lowest BCUT2D eigenvalue weighted by molar-refractivity contribution is -0.124. The van der Waals surface area contributed by atoms with Crippen molar-refractivity contribution in [2.24, 2.45) is 5.41 Å². The predicted octanol–water partition coefficient (Wildman–Crippen LogP) is 2.72. The van der Waals surface area contributed by atoms with Crippen LogP contribution < -0.4 is 10.6 Å². The number of amides is 2. The van der Waals surface area contributed by atoms with Gasteiger partial charge in [0.15, 0.2) is 5.69 Å². The number of likely N-dealkylation sites (N-methyl/N-ethyl adjacent to an activating group) is 1. The van der Waals surface area contributed by atoms with Gasteiger partial charge in [-0.15, -0.1) is 0 Å². The fourth-order valence-electron chi connectivity index (χ4n) is 3.93. The van der Waals surface area contributed by atoms with E-state index in [0.29, 0.717) is 30.2 Å². The monoisotopic (exact) mass is 429 g/mol. The number of halogens is 1. The zero-order valence-electron chi connectivity index (χ0n) is 19.2. The fraction of sp³-hybridized carbons (Fsp3) is 0.522. The molecule has 8 heteroatoms. The Labute approximate surface area is 183 Å². The van der Waals surface area contributed by atoms with E-state index in [1.165, 1.54) is 6.07 Å². The van der Waals surface area contributed by atoms with Crippen LogP contribution in [0.3, 0.4) is 0 Å². The van der Waals surface area contributed by atoms with E-state index in [-0.39, 0.29) is 17.6 Å². The molecule has 0 unspecified atom stereocenters. The normalized spacial score (nSPS) is 15.7. The van der Waals surface area contributed by atoms with Crippen LogP contribution in [0.1, 0.15) is 48.9 Å². The maximum absolute atomic E-state index is 13.8. The molecule has 1 aromatic heterocycles. The molecule has 0 saturated carbocycles. The van der Waals surface area contributed by atoms with E-state index in [4.69, 9.17) is 4.98 Å². The summed E-state index contributed by atoms with van der Waals surface area (Å²) in [5.74, 6) is -0.265. The molecule has 0 radical (unpaired) electrons. The third-order valence-electron chi connectivity index (χ3n) is 5.70. The van der Waals surface area contributed by atoms with Crippen LogP contribution in [0.4, 0.5) is 4.39 Å². The Morgan fingerprint density at radius 2 is 1.94 bits per heavy atom. The minimum Gasteiger partial charge on any atom is -0.357 e. The maximum atomic E-state index is 13.8. The van der Waals surface area contributed by atoms with Crippen LogP contribution in [0.25, 0.3) is 11.4 Å². The summed E-state index contributed by atoms with van der Waals surface area (Å²) in [6.45, 7) is 9.60. The number of fused-ring (bicyclic) bond motifs is 1. The summed E-state index contributed by atoms with van der Waals surface area (Å²) in [4.78, 5) is 32.6. The number of benzene rings is 1. The molecule has 2 amide bonds. The smallest absolute Gasteiger partial charge is 0.272 e. The molecular weight excluding hydrogens is 397 g/mol. The lowest BCUT2D eigenvalue weighted by Crippen LogP contribution is -2.53. The van der Waals surface area contributed by atoms with Crippen LogP contribution in [0.5, 0.6) is 0 Å². The zero-order valence-corrected chi connectivity index (χ0v) is 19.2. The SMILES string of the molecule is CNC(=O)[C@@H](NC(=O)c1nc(-c2ccc(F)c(C)c2)n2c1CN(C)CCC2)C(C)(C)C. The number of hydrogen-bond donors (Lipinski definition) is 2. The highest BCUT2D eigenvalue weighted by atomic mass is 19.1. The molecule has 0 fully saturated rings. The summed E-state index contributed by atoms with van der Waals surface area (Å²) in [5.41, 5.74) is 1.93. The first-order valence-corrected chi connectivity index (χ1v) is 10.6. The molecule has 1 aromatic carbocycles. The van der Waals surface area contributed by atoms with E-state index in [0.717, 1.165) is 24.2 Å².